The fraction of sp³-hybridized carbons (Fsp3) is 0.480. The average Bonchev–Trinajstić information content (AvgIpc) is 2.73. The third kappa shape index (κ3) is 4.50. The molecule has 1 fully saturated rings. The van der Waals surface area contributed by atoms with Crippen molar-refractivity contribution in [2.24, 2.45) is 5.41 Å². The molecule has 2 aromatic carbocycles. The van der Waals surface area contributed by atoms with Crippen LogP contribution in [0, 0.1) is 5.41 Å². The molecule has 2 aliphatic rings. The summed E-state index contributed by atoms with van der Waals surface area (Å²) in [5.74, 6) is 0.265. The van der Waals surface area contributed by atoms with E-state index in [2.05, 4.69) is 29.6 Å². The van der Waals surface area contributed by atoms with Crippen molar-refractivity contribution in [2.75, 3.05) is 6.54 Å². The highest BCUT2D eigenvalue weighted by Crippen LogP contribution is 2.46. The molecular weight excluding hydrogens is 330 g/mol. The van der Waals surface area contributed by atoms with E-state index in [1.807, 2.05) is 30.3 Å². The number of carbonyl (C=O) groups is 1. The lowest BCUT2D eigenvalue weighted by atomic mass is 9.63. The van der Waals surface area contributed by atoms with Gasteiger partial charge in [-0.1, -0.05) is 54.6 Å². The lowest BCUT2D eigenvalue weighted by molar-refractivity contribution is 0.0978. The van der Waals surface area contributed by atoms with E-state index in [-0.39, 0.29) is 5.78 Å². The minimum atomic E-state index is 0.265. The van der Waals surface area contributed by atoms with E-state index in [4.69, 9.17) is 0 Å². The number of nitrogens with one attached hydrogen (secondary N) is 1. The fourth-order valence-electron chi connectivity index (χ4n) is 5.05. The van der Waals surface area contributed by atoms with Crippen LogP contribution in [0.2, 0.25) is 0 Å². The summed E-state index contributed by atoms with van der Waals surface area (Å²) >= 11 is 0. The van der Waals surface area contributed by atoms with E-state index in [0.29, 0.717) is 17.9 Å². The van der Waals surface area contributed by atoms with Gasteiger partial charge in [0.2, 0.25) is 0 Å². The Bertz CT molecular complexity index is 759. The molecule has 0 atom stereocenters. The molecule has 0 radical (unpaired) electrons. The lowest BCUT2D eigenvalue weighted by Gasteiger charge is -2.43. The highest BCUT2D eigenvalue weighted by molar-refractivity contribution is 5.95. The minimum Gasteiger partial charge on any atom is -0.314 e. The Kier molecular flexibility index (Phi) is 5.73. The number of ketones is 1. The molecule has 0 bridgehead atoms. The molecule has 0 unspecified atom stereocenters. The van der Waals surface area contributed by atoms with Gasteiger partial charge >= 0.3 is 0 Å². The van der Waals surface area contributed by atoms with Crippen LogP contribution >= 0.6 is 0 Å². The molecular formula is C25H31NO. The van der Waals surface area contributed by atoms with Gasteiger partial charge in [0.05, 0.1) is 0 Å². The van der Waals surface area contributed by atoms with Crippen molar-refractivity contribution in [1.29, 1.82) is 0 Å². The molecule has 1 saturated carbocycles. The quantitative estimate of drug-likeness (QED) is 0.554. The van der Waals surface area contributed by atoms with Crippen LogP contribution in [0.4, 0.5) is 0 Å². The van der Waals surface area contributed by atoms with Gasteiger partial charge in [0.25, 0.3) is 0 Å². The lowest BCUT2D eigenvalue weighted by Crippen LogP contribution is -2.40. The van der Waals surface area contributed by atoms with Crippen LogP contribution in [-0.2, 0) is 12.8 Å². The van der Waals surface area contributed by atoms with Crippen molar-refractivity contribution >= 4 is 5.78 Å². The number of rotatable bonds is 6. The predicted octanol–water partition coefficient (Wildman–Crippen LogP) is 5.36. The summed E-state index contributed by atoms with van der Waals surface area (Å²) in [7, 11) is 0. The molecule has 2 nitrogen and oxygen atoms in total. The first-order valence-corrected chi connectivity index (χ1v) is 10.6. The summed E-state index contributed by atoms with van der Waals surface area (Å²) in [6.45, 7) is 0.957. The Morgan fingerprint density at radius 1 is 0.926 bits per heavy atom. The predicted molar refractivity (Wildman–Crippen MR) is 111 cm³/mol. The number of Topliss-reactive ketones (excluding diaryl/α,β-unsaturated/α-hetero) is 1. The minimum absolute atomic E-state index is 0.265. The maximum absolute atomic E-state index is 12.2. The van der Waals surface area contributed by atoms with Crippen LogP contribution in [-0.4, -0.2) is 18.4 Å². The van der Waals surface area contributed by atoms with Crippen molar-refractivity contribution in [3.05, 3.63) is 71.3 Å². The van der Waals surface area contributed by atoms with E-state index in [0.717, 1.165) is 18.5 Å². The van der Waals surface area contributed by atoms with Crippen molar-refractivity contribution in [3.8, 4) is 0 Å². The molecule has 4 rings (SSSR count). The highest BCUT2D eigenvalue weighted by atomic mass is 16.1. The van der Waals surface area contributed by atoms with Crippen LogP contribution in [0.15, 0.2) is 54.6 Å². The van der Waals surface area contributed by atoms with E-state index in [1.165, 1.54) is 44.9 Å². The van der Waals surface area contributed by atoms with Gasteiger partial charge in [0.15, 0.2) is 5.78 Å². The van der Waals surface area contributed by atoms with Gasteiger partial charge in [0.1, 0.15) is 0 Å². The average molecular weight is 362 g/mol. The summed E-state index contributed by atoms with van der Waals surface area (Å²) in [6.07, 6.45) is 10.8. The van der Waals surface area contributed by atoms with Gasteiger partial charge in [-0.2, -0.15) is 0 Å². The normalized spacial score (nSPS) is 24.5. The van der Waals surface area contributed by atoms with Gasteiger partial charge in [-0.05, 0) is 74.5 Å². The van der Waals surface area contributed by atoms with E-state index >= 15 is 0 Å². The van der Waals surface area contributed by atoms with E-state index in [1.54, 1.807) is 11.1 Å². The van der Waals surface area contributed by atoms with E-state index in [9.17, 15) is 4.79 Å². The zero-order chi connectivity index (χ0) is 18.5. The topological polar surface area (TPSA) is 29.1 Å². The maximum atomic E-state index is 12.2. The monoisotopic (exact) mass is 361 g/mol. The van der Waals surface area contributed by atoms with Crippen LogP contribution < -0.4 is 5.32 Å². The zero-order valence-corrected chi connectivity index (χ0v) is 16.3. The highest BCUT2D eigenvalue weighted by Gasteiger charge is 2.37. The summed E-state index contributed by atoms with van der Waals surface area (Å²) in [6, 6.07) is 19.3. The third-order valence-corrected chi connectivity index (χ3v) is 6.76. The van der Waals surface area contributed by atoms with Crippen LogP contribution in [0.5, 0.6) is 0 Å². The SMILES string of the molecule is O=C(CCCNC1CCC2(CCc3ccccc3C2)CC1)c1ccccc1. The van der Waals surface area contributed by atoms with Crippen molar-refractivity contribution in [3.63, 3.8) is 0 Å². The number of aryl methyl sites for hydroxylation is 1. The third-order valence-electron chi connectivity index (χ3n) is 6.76. The first kappa shape index (κ1) is 18.4. The first-order chi connectivity index (χ1) is 13.2. The Balaban J connectivity index is 1.19. The summed E-state index contributed by atoms with van der Waals surface area (Å²) in [5, 5.41) is 3.72. The van der Waals surface area contributed by atoms with Crippen molar-refractivity contribution in [2.45, 2.75) is 63.8 Å². The molecule has 1 spiro atoms. The van der Waals surface area contributed by atoms with Crippen LogP contribution in [0.3, 0.4) is 0 Å². The van der Waals surface area contributed by atoms with Crippen molar-refractivity contribution < 1.29 is 4.79 Å². The van der Waals surface area contributed by atoms with Gasteiger partial charge in [-0.3, -0.25) is 4.79 Å². The molecule has 27 heavy (non-hydrogen) atoms. The number of hydrogen-bond acceptors (Lipinski definition) is 2. The summed E-state index contributed by atoms with van der Waals surface area (Å²) in [4.78, 5) is 12.2. The Labute approximate surface area is 163 Å². The van der Waals surface area contributed by atoms with Gasteiger partial charge < -0.3 is 5.32 Å². The van der Waals surface area contributed by atoms with Gasteiger partial charge in [-0.25, -0.2) is 0 Å². The maximum Gasteiger partial charge on any atom is 0.162 e. The van der Waals surface area contributed by atoms with Gasteiger partial charge in [-0.15, -0.1) is 0 Å². The van der Waals surface area contributed by atoms with Gasteiger partial charge in [0, 0.05) is 18.0 Å². The molecule has 2 aliphatic carbocycles. The van der Waals surface area contributed by atoms with Crippen LogP contribution in [0.1, 0.15) is 66.4 Å². The second-order valence-electron chi connectivity index (χ2n) is 8.57. The van der Waals surface area contributed by atoms with Crippen LogP contribution in [0.25, 0.3) is 0 Å². The molecule has 0 amide bonds. The van der Waals surface area contributed by atoms with E-state index < -0.39 is 0 Å². The Morgan fingerprint density at radius 3 is 2.41 bits per heavy atom. The molecule has 0 saturated heterocycles. The molecule has 2 aromatic rings. The first-order valence-electron chi connectivity index (χ1n) is 10.6. The Morgan fingerprint density at radius 2 is 1.63 bits per heavy atom. The zero-order valence-electron chi connectivity index (χ0n) is 16.3. The molecule has 142 valence electrons. The molecule has 0 aromatic heterocycles. The fourth-order valence-corrected chi connectivity index (χ4v) is 5.05. The largest absolute Gasteiger partial charge is 0.314 e. The second kappa shape index (κ2) is 8.39. The standard InChI is InChI=1S/C25H31NO/c27-24(21-8-2-1-3-9-21)11-6-18-26-23-13-16-25(17-14-23)15-12-20-7-4-5-10-22(20)19-25/h1-5,7-10,23,26H,6,11-19H2. The molecule has 2 heteroatoms. The summed E-state index contributed by atoms with van der Waals surface area (Å²) < 4.78 is 0. The molecule has 0 heterocycles. The molecule has 1 N–H and O–H groups in total. The number of hydrogen-bond donors (Lipinski definition) is 1. The number of carbonyl (C=O) groups excluding carboxylic acids is 1. The Hall–Kier alpha value is -1.93. The smallest absolute Gasteiger partial charge is 0.162 e. The number of benzene rings is 2. The second-order valence-corrected chi connectivity index (χ2v) is 8.57. The number of fused-ring (bicyclic) bond motifs is 1. The van der Waals surface area contributed by atoms with Crippen molar-refractivity contribution in [1.82, 2.24) is 5.32 Å². The molecule has 0 aliphatic heterocycles. The summed E-state index contributed by atoms with van der Waals surface area (Å²) in [5.41, 5.74) is 4.56.